The Kier molecular flexibility index (Phi) is 7.67. The lowest BCUT2D eigenvalue weighted by Gasteiger charge is -2.35. The van der Waals surface area contributed by atoms with E-state index in [0.717, 1.165) is 52.3 Å². The van der Waals surface area contributed by atoms with Crippen molar-refractivity contribution < 1.29 is 9.53 Å². The molecule has 6 rings (SSSR count). The normalized spacial score (nSPS) is 13.5. The summed E-state index contributed by atoms with van der Waals surface area (Å²) in [5.41, 5.74) is 6.06. The van der Waals surface area contributed by atoms with Gasteiger partial charge in [0.25, 0.3) is 5.91 Å². The molecule has 0 aliphatic carbocycles. The lowest BCUT2D eigenvalue weighted by molar-refractivity contribution is 0.0746. The predicted octanol–water partition coefficient (Wildman–Crippen LogP) is 6.54. The van der Waals surface area contributed by atoms with Crippen LogP contribution in [0.2, 0.25) is 0 Å². The molecule has 1 aliphatic heterocycles. The molecule has 0 saturated carbocycles. The van der Waals surface area contributed by atoms with E-state index in [0.29, 0.717) is 38.3 Å². The van der Waals surface area contributed by atoms with Crippen molar-refractivity contribution in [2.45, 2.75) is 26.7 Å². The number of aryl methyl sites for hydroxylation is 1. The first-order valence-electron chi connectivity index (χ1n) is 14.4. The van der Waals surface area contributed by atoms with E-state index in [1.54, 1.807) is 6.33 Å². The highest BCUT2D eigenvalue weighted by molar-refractivity contribution is 6.02. The number of nitrogens with zero attached hydrogens (tertiary/aromatic N) is 5. The van der Waals surface area contributed by atoms with Crippen LogP contribution in [-0.4, -0.2) is 58.1 Å². The number of aromatic nitrogens is 3. The zero-order chi connectivity index (χ0) is 28.2. The first-order valence-corrected chi connectivity index (χ1v) is 14.4. The molecule has 3 heterocycles. The van der Waals surface area contributed by atoms with E-state index in [2.05, 4.69) is 78.0 Å². The van der Waals surface area contributed by atoms with Gasteiger partial charge in [-0.1, -0.05) is 61.9 Å². The van der Waals surface area contributed by atoms with Crippen LogP contribution >= 0.6 is 0 Å². The van der Waals surface area contributed by atoms with Crippen LogP contribution in [-0.2, 0) is 0 Å². The molecule has 2 aromatic heterocycles. The van der Waals surface area contributed by atoms with Crippen molar-refractivity contribution in [2.75, 3.05) is 37.7 Å². The van der Waals surface area contributed by atoms with E-state index >= 15 is 0 Å². The molecule has 5 aromatic rings. The van der Waals surface area contributed by atoms with Gasteiger partial charge >= 0.3 is 0 Å². The van der Waals surface area contributed by atoms with Crippen LogP contribution < -0.4 is 9.64 Å². The summed E-state index contributed by atoms with van der Waals surface area (Å²) in [6, 6.07) is 26.3. The first-order chi connectivity index (χ1) is 20.1. The molecule has 0 radical (unpaired) electrons. The summed E-state index contributed by atoms with van der Waals surface area (Å²) in [6.45, 7) is 7.59. The summed E-state index contributed by atoms with van der Waals surface area (Å²) in [7, 11) is 0. The first kappa shape index (κ1) is 26.6. The third-order valence-electron chi connectivity index (χ3n) is 7.76. The second-order valence-electron chi connectivity index (χ2n) is 10.5. The number of ether oxygens (including phenoxy) is 1. The van der Waals surface area contributed by atoms with E-state index < -0.39 is 0 Å². The highest BCUT2D eigenvalue weighted by Gasteiger charge is 2.26. The number of piperazine rings is 1. The Bertz CT molecular complexity index is 1640. The molecule has 41 heavy (non-hydrogen) atoms. The van der Waals surface area contributed by atoms with Crippen LogP contribution in [0.3, 0.4) is 0 Å². The van der Waals surface area contributed by atoms with Crippen molar-refractivity contribution in [1.82, 2.24) is 19.4 Å². The van der Waals surface area contributed by atoms with Crippen molar-refractivity contribution in [3.8, 4) is 22.6 Å². The maximum absolute atomic E-state index is 13.3. The van der Waals surface area contributed by atoms with Gasteiger partial charge in [0.05, 0.1) is 12.0 Å². The van der Waals surface area contributed by atoms with Crippen molar-refractivity contribution in [1.29, 1.82) is 0 Å². The molecule has 0 spiro atoms. The van der Waals surface area contributed by atoms with Crippen LogP contribution in [0.15, 0.2) is 91.4 Å². The minimum Gasteiger partial charge on any atom is -0.494 e. The summed E-state index contributed by atoms with van der Waals surface area (Å²) in [5.74, 6) is 1.76. The van der Waals surface area contributed by atoms with Gasteiger partial charge < -0.3 is 19.1 Å². The zero-order valence-electron chi connectivity index (χ0n) is 23.7. The highest BCUT2D eigenvalue weighted by atomic mass is 16.5. The Morgan fingerprint density at radius 1 is 0.878 bits per heavy atom. The molecule has 1 amide bonds. The number of unbranched alkanes of at least 4 members (excludes halogenated alkanes) is 1. The van der Waals surface area contributed by atoms with Gasteiger partial charge in [0.15, 0.2) is 5.65 Å². The monoisotopic (exact) mass is 545 g/mol. The van der Waals surface area contributed by atoms with E-state index in [1.165, 1.54) is 5.56 Å². The van der Waals surface area contributed by atoms with Crippen molar-refractivity contribution in [2.24, 2.45) is 0 Å². The molecule has 1 saturated heterocycles. The van der Waals surface area contributed by atoms with Crippen LogP contribution in [0.1, 0.15) is 35.7 Å². The largest absolute Gasteiger partial charge is 0.494 e. The summed E-state index contributed by atoms with van der Waals surface area (Å²) in [5, 5.41) is 1.03. The fourth-order valence-electron chi connectivity index (χ4n) is 5.47. The molecule has 7 nitrogen and oxygen atoms in total. The third kappa shape index (κ3) is 5.40. The predicted molar refractivity (Wildman–Crippen MR) is 164 cm³/mol. The number of para-hydroxylation sites is 1. The van der Waals surface area contributed by atoms with Gasteiger partial charge in [-0.15, -0.1) is 0 Å². The smallest absolute Gasteiger partial charge is 0.253 e. The van der Waals surface area contributed by atoms with Gasteiger partial charge in [-0.05, 0) is 54.8 Å². The Balaban J connectivity index is 1.27. The summed E-state index contributed by atoms with van der Waals surface area (Å²) < 4.78 is 7.93. The molecular formula is C34H35N5O2. The van der Waals surface area contributed by atoms with Gasteiger partial charge in [0, 0.05) is 49.2 Å². The van der Waals surface area contributed by atoms with Crippen LogP contribution in [0.5, 0.6) is 5.75 Å². The SMILES string of the molecule is CCCCOc1ccc(C(=O)N2CCN(c3ncnc4c3c(-c3ccccc3)cn4-c3ccccc3C)CC2)cc1. The number of amides is 1. The van der Waals surface area contributed by atoms with Crippen molar-refractivity contribution in [3.05, 3.63) is 103 Å². The minimum atomic E-state index is 0.0493. The molecule has 208 valence electrons. The van der Waals surface area contributed by atoms with Crippen molar-refractivity contribution in [3.63, 3.8) is 0 Å². The molecule has 0 N–H and O–H groups in total. The number of benzene rings is 3. The summed E-state index contributed by atoms with van der Waals surface area (Å²) in [6.07, 6.45) is 5.95. The Morgan fingerprint density at radius 3 is 2.34 bits per heavy atom. The number of hydrogen-bond acceptors (Lipinski definition) is 5. The summed E-state index contributed by atoms with van der Waals surface area (Å²) in [4.78, 5) is 27.1. The average molecular weight is 546 g/mol. The highest BCUT2D eigenvalue weighted by Crippen LogP contribution is 2.37. The topological polar surface area (TPSA) is 63.5 Å². The molecule has 0 unspecified atom stereocenters. The van der Waals surface area contributed by atoms with Crippen molar-refractivity contribution >= 4 is 22.8 Å². The van der Waals surface area contributed by atoms with Gasteiger partial charge in [0.2, 0.25) is 0 Å². The minimum absolute atomic E-state index is 0.0493. The van der Waals surface area contributed by atoms with Gasteiger partial charge in [-0.2, -0.15) is 0 Å². The number of hydrogen-bond donors (Lipinski definition) is 0. The Labute approximate surface area is 241 Å². The number of carbonyl (C=O) groups excluding carboxylic acids is 1. The Morgan fingerprint density at radius 2 is 1.61 bits per heavy atom. The van der Waals surface area contributed by atoms with E-state index in [4.69, 9.17) is 14.7 Å². The third-order valence-corrected chi connectivity index (χ3v) is 7.76. The quantitative estimate of drug-likeness (QED) is 0.207. The molecule has 7 heteroatoms. The van der Waals surface area contributed by atoms with Crippen LogP contribution in [0.4, 0.5) is 5.82 Å². The molecule has 0 bridgehead atoms. The molecule has 3 aromatic carbocycles. The maximum atomic E-state index is 13.3. The lowest BCUT2D eigenvalue weighted by atomic mass is 10.1. The van der Waals surface area contributed by atoms with Gasteiger partial charge in [-0.25, -0.2) is 9.97 Å². The fourth-order valence-corrected chi connectivity index (χ4v) is 5.47. The summed E-state index contributed by atoms with van der Waals surface area (Å²) >= 11 is 0. The number of rotatable bonds is 8. The molecule has 1 aliphatic rings. The number of fused-ring (bicyclic) bond motifs is 1. The second kappa shape index (κ2) is 11.8. The zero-order valence-corrected chi connectivity index (χ0v) is 23.7. The molecule has 0 atom stereocenters. The van der Waals surface area contributed by atoms with Gasteiger partial charge in [-0.3, -0.25) is 4.79 Å². The van der Waals surface area contributed by atoms with Gasteiger partial charge in [0.1, 0.15) is 17.9 Å². The van der Waals surface area contributed by atoms with E-state index in [-0.39, 0.29) is 5.91 Å². The van der Waals surface area contributed by atoms with Crippen LogP contribution in [0.25, 0.3) is 27.8 Å². The molecule has 1 fully saturated rings. The number of carbonyl (C=O) groups is 1. The molecular weight excluding hydrogens is 510 g/mol. The Hall–Kier alpha value is -4.65. The van der Waals surface area contributed by atoms with E-state index in [9.17, 15) is 4.79 Å². The standard InChI is InChI=1S/C34H35N5O2/c1-3-4-22-41-28-16-14-27(15-17-28)34(40)38-20-18-37(19-21-38)32-31-29(26-11-6-5-7-12-26)23-39(33(31)36-24-35-32)30-13-9-8-10-25(30)2/h5-17,23-24H,3-4,18-22H2,1-2H3. The average Bonchev–Trinajstić information content (AvgIpc) is 3.42. The van der Waals surface area contributed by atoms with E-state index in [1.807, 2.05) is 35.2 Å². The van der Waals surface area contributed by atoms with Crippen LogP contribution in [0, 0.1) is 6.92 Å². The second-order valence-corrected chi connectivity index (χ2v) is 10.5. The lowest BCUT2D eigenvalue weighted by Crippen LogP contribution is -2.49. The number of anilines is 1. The fraction of sp³-hybridized carbons (Fsp3) is 0.265. The maximum Gasteiger partial charge on any atom is 0.253 e.